The average Bonchev–Trinajstić information content (AvgIpc) is 2.95. The quantitative estimate of drug-likeness (QED) is 0.901. The van der Waals surface area contributed by atoms with E-state index in [1.807, 2.05) is 23.1 Å². The molecule has 5 heteroatoms. The van der Waals surface area contributed by atoms with Gasteiger partial charge in [-0.1, -0.05) is 13.0 Å². The van der Waals surface area contributed by atoms with Gasteiger partial charge in [-0.05, 0) is 42.9 Å². The minimum absolute atomic E-state index is 0.0732. The maximum Gasteiger partial charge on any atom is 0.239 e. The lowest BCUT2D eigenvalue weighted by atomic mass is 9.98. The second-order valence-electron chi connectivity index (χ2n) is 6.07. The molecule has 0 aliphatic carbocycles. The molecule has 0 radical (unpaired) electrons. The molecule has 1 aromatic carbocycles. The van der Waals surface area contributed by atoms with Crippen molar-refractivity contribution in [2.24, 2.45) is 11.7 Å². The molecule has 2 heterocycles. The molecule has 1 fully saturated rings. The molecule has 1 amide bonds. The summed E-state index contributed by atoms with van der Waals surface area (Å²) in [6.07, 6.45) is 4.40. The number of H-pyrrole nitrogens is 1. The molecule has 1 saturated heterocycles. The summed E-state index contributed by atoms with van der Waals surface area (Å²) >= 11 is 0. The Kier molecular flexibility index (Phi) is 3.92. The molecule has 21 heavy (non-hydrogen) atoms. The summed E-state index contributed by atoms with van der Waals surface area (Å²) in [5, 5.41) is 0. The number of fused-ring (bicyclic) bond motifs is 1. The second kappa shape index (κ2) is 5.85. The van der Waals surface area contributed by atoms with Crippen molar-refractivity contribution in [3.8, 4) is 0 Å². The number of nitrogens with zero attached hydrogens (tertiary/aromatic N) is 2. The van der Waals surface area contributed by atoms with Gasteiger partial charge in [0.2, 0.25) is 5.91 Å². The Bertz CT molecular complexity index is 628. The van der Waals surface area contributed by atoms with E-state index >= 15 is 0 Å². The topological polar surface area (TPSA) is 75.0 Å². The molecule has 0 bridgehead atoms. The van der Waals surface area contributed by atoms with Crippen LogP contribution in [-0.2, 0) is 11.2 Å². The van der Waals surface area contributed by atoms with Crippen LogP contribution < -0.4 is 5.73 Å². The first-order valence-corrected chi connectivity index (χ1v) is 7.60. The lowest BCUT2D eigenvalue weighted by Gasteiger charge is -2.32. The molecule has 1 atom stereocenters. The largest absolute Gasteiger partial charge is 0.345 e. The van der Waals surface area contributed by atoms with Crippen molar-refractivity contribution in [1.29, 1.82) is 0 Å². The predicted molar refractivity (Wildman–Crippen MR) is 82.8 cm³/mol. The summed E-state index contributed by atoms with van der Waals surface area (Å²) in [6, 6.07) is 5.52. The number of aromatic amines is 1. The van der Waals surface area contributed by atoms with E-state index in [4.69, 9.17) is 5.73 Å². The van der Waals surface area contributed by atoms with Crippen LogP contribution in [0.15, 0.2) is 24.5 Å². The van der Waals surface area contributed by atoms with E-state index in [2.05, 4.69) is 16.9 Å². The van der Waals surface area contributed by atoms with Crippen molar-refractivity contribution in [3.63, 3.8) is 0 Å². The van der Waals surface area contributed by atoms with Crippen LogP contribution in [0.5, 0.6) is 0 Å². The van der Waals surface area contributed by atoms with Crippen molar-refractivity contribution >= 4 is 16.9 Å². The molecule has 1 unspecified atom stereocenters. The number of amides is 1. The SMILES string of the molecule is CC1CCN(C(=O)C(N)Cc2ccc3[nH]cnc3c2)CC1. The lowest BCUT2D eigenvalue weighted by Crippen LogP contribution is -2.47. The van der Waals surface area contributed by atoms with Gasteiger partial charge in [0, 0.05) is 13.1 Å². The van der Waals surface area contributed by atoms with Crippen LogP contribution in [0, 0.1) is 5.92 Å². The number of hydrogen-bond acceptors (Lipinski definition) is 3. The van der Waals surface area contributed by atoms with Gasteiger partial charge in [-0.3, -0.25) is 4.79 Å². The van der Waals surface area contributed by atoms with Crippen LogP contribution in [0.4, 0.5) is 0 Å². The zero-order chi connectivity index (χ0) is 14.8. The number of imidazole rings is 1. The summed E-state index contributed by atoms with van der Waals surface area (Å²) < 4.78 is 0. The minimum Gasteiger partial charge on any atom is -0.345 e. The number of piperidine rings is 1. The average molecular weight is 286 g/mol. The molecule has 2 aromatic rings. The Hall–Kier alpha value is -1.88. The van der Waals surface area contributed by atoms with Crippen LogP contribution >= 0.6 is 0 Å². The number of nitrogens with two attached hydrogens (primary N) is 1. The highest BCUT2D eigenvalue weighted by Crippen LogP contribution is 2.18. The van der Waals surface area contributed by atoms with Crippen molar-refractivity contribution in [3.05, 3.63) is 30.1 Å². The van der Waals surface area contributed by atoms with E-state index in [9.17, 15) is 4.79 Å². The van der Waals surface area contributed by atoms with E-state index in [1.165, 1.54) is 0 Å². The van der Waals surface area contributed by atoms with Gasteiger partial charge in [0.05, 0.1) is 23.4 Å². The summed E-state index contributed by atoms with van der Waals surface area (Å²) in [5.74, 6) is 0.788. The third kappa shape index (κ3) is 3.08. The number of hydrogen-bond donors (Lipinski definition) is 2. The van der Waals surface area contributed by atoms with Gasteiger partial charge in [-0.15, -0.1) is 0 Å². The molecule has 1 aliphatic rings. The Morgan fingerprint density at radius 3 is 3.00 bits per heavy atom. The maximum absolute atomic E-state index is 12.4. The highest BCUT2D eigenvalue weighted by atomic mass is 16.2. The van der Waals surface area contributed by atoms with Crippen molar-refractivity contribution < 1.29 is 4.79 Å². The number of nitrogens with one attached hydrogen (secondary N) is 1. The zero-order valence-electron chi connectivity index (χ0n) is 12.4. The molecule has 1 aromatic heterocycles. The van der Waals surface area contributed by atoms with Gasteiger partial charge in [-0.25, -0.2) is 4.98 Å². The van der Waals surface area contributed by atoms with Crippen molar-refractivity contribution in [2.45, 2.75) is 32.2 Å². The molecule has 112 valence electrons. The number of likely N-dealkylation sites (tertiary alicyclic amines) is 1. The Balaban J connectivity index is 1.64. The highest BCUT2D eigenvalue weighted by molar-refractivity contribution is 5.82. The van der Waals surface area contributed by atoms with Gasteiger partial charge >= 0.3 is 0 Å². The maximum atomic E-state index is 12.4. The minimum atomic E-state index is -0.463. The standard InChI is InChI=1S/C16H22N4O/c1-11-4-6-20(7-5-11)16(21)13(17)8-12-2-3-14-15(9-12)19-10-18-14/h2-3,9-11,13H,4-8,17H2,1H3,(H,18,19). The lowest BCUT2D eigenvalue weighted by molar-refractivity contribution is -0.133. The van der Waals surface area contributed by atoms with Crippen molar-refractivity contribution in [2.75, 3.05) is 13.1 Å². The number of aromatic nitrogens is 2. The summed E-state index contributed by atoms with van der Waals surface area (Å²) in [5.41, 5.74) is 9.09. The Labute approximate surface area is 124 Å². The number of carbonyl (C=O) groups excluding carboxylic acids is 1. The fourth-order valence-electron chi connectivity index (χ4n) is 2.91. The molecule has 3 rings (SSSR count). The monoisotopic (exact) mass is 286 g/mol. The van der Waals surface area contributed by atoms with Gasteiger partial charge in [0.15, 0.2) is 0 Å². The molecule has 0 spiro atoms. The molecule has 3 N–H and O–H groups in total. The number of rotatable bonds is 3. The van der Waals surface area contributed by atoms with E-state index < -0.39 is 6.04 Å². The number of benzene rings is 1. The molecular weight excluding hydrogens is 264 g/mol. The summed E-state index contributed by atoms with van der Waals surface area (Å²) in [7, 11) is 0. The van der Waals surface area contributed by atoms with Crippen LogP contribution in [-0.4, -0.2) is 39.9 Å². The predicted octanol–water partition coefficient (Wildman–Crippen LogP) is 1.69. The molecule has 5 nitrogen and oxygen atoms in total. The van der Waals surface area contributed by atoms with Gasteiger partial charge in [0.1, 0.15) is 0 Å². The Morgan fingerprint density at radius 1 is 1.48 bits per heavy atom. The number of carbonyl (C=O) groups is 1. The molecule has 0 saturated carbocycles. The third-order valence-corrected chi connectivity index (χ3v) is 4.35. The highest BCUT2D eigenvalue weighted by Gasteiger charge is 2.24. The Morgan fingerprint density at radius 2 is 2.24 bits per heavy atom. The normalized spacial score (nSPS) is 18.1. The zero-order valence-corrected chi connectivity index (χ0v) is 12.4. The van der Waals surface area contributed by atoms with Gasteiger partial charge in [-0.2, -0.15) is 0 Å². The fraction of sp³-hybridized carbons (Fsp3) is 0.500. The summed E-state index contributed by atoms with van der Waals surface area (Å²) in [6.45, 7) is 3.92. The van der Waals surface area contributed by atoms with E-state index in [1.54, 1.807) is 6.33 Å². The van der Waals surface area contributed by atoms with E-state index in [0.717, 1.165) is 42.5 Å². The van der Waals surface area contributed by atoms with Gasteiger partial charge in [0.25, 0.3) is 0 Å². The molecular formula is C16H22N4O. The van der Waals surface area contributed by atoms with Crippen LogP contribution in [0.25, 0.3) is 11.0 Å². The molecule has 1 aliphatic heterocycles. The van der Waals surface area contributed by atoms with E-state index in [0.29, 0.717) is 12.3 Å². The van der Waals surface area contributed by atoms with Gasteiger partial charge < -0.3 is 15.6 Å². The third-order valence-electron chi connectivity index (χ3n) is 4.35. The summed E-state index contributed by atoms with van der Waals surface area (Å²) in [4.78, 5) is 21.6. The second-order valence-corrected chi connectivity index (χ2v) is 6.07. The van der Waals surface area contributed by atoms with Crippen LogP contribution in [0.3, 0.4) is 0 Å². The first-order valence-electron chi connectivity index (χ1n) is 7.60. The fourth-order valence-corrected chi connectivity index (χ4v) is 2.91. The van der Waals surface area contributed by atoms with Crippen LogP contribution in [0.1, 0.15) is 25.3 Å². The van der Waals surface area contributed by atoms with E-state index in [-0.39, 0.29) is 5.91 Å². The van der Waals surface area contributed by atoms with Crippen molar-refractivity contribution in [1.82, 2.24) is 14.9 Å². The first-order chi connectivity index (χ1) is 10.1. The first kappa shape index (κ1) is 14.1. The smallest absolute Gasteiger partial charge is 0.239 e. The van der Waals surface area contributed by atoms with Crippen LogP contribution in [0.2, 0.25) is 0 Å².